The van der Waals surface area contributed by atoms with E-state index in [9.17, 15) is 30.6 Å². The van der Waals surface area contributed by atoms with Gasteiger partial charge in [0.25, 0.3) is 0 Å². The maximum absolute atomic E-state index is 11.6. The molecule has 0 heterocycles. The summed E-state index contributed by atoms with van der Waals surface area (Å²) in [6, 6.07) is 34.8. The van der Waals surface area contributed by atoms with E-state index < -0.39 is 5.92 Å². The van der Waals surface area contributed by atoms with Crippen molar-refractivity contribution < 1.29 is 30.6 Å². The Balaban J connectivity index is 0.000000174. The number of hydrogen-bond donors (Lipinski definition) is 6. The summed E-state index contributed by atoms with van der Waals surface area (Å²) in [6.45, 7) is 4.21. The molecule has 6 N–H and O–H groups in total. The summed E-state index contributed by atoms with van der Waals surface area (Å²) in [4.78, 5) is 0. The lowest BCUT2D eigenvalue weighted by molar-refractivity contribution is 0.406. The lowest BCUT2D eigenvalue weighted by Gasteiger charge is -2.29. The van der Waals surface area contributed by atoms with Crippen molar-refractivity contribution in [3.05, 3.63) is 176 Å². The second-order valence-electron chi connectivity index (χ2n) is 21.5. The highest BCUT2D eigenvalue weighted by atomic mass is 16.3. The zero-order valence-electron chi connectivity index (χ0n) is 41.7. The summed E-state index contributed by atoms with van der Waals surface area (Å²) in [7, 11) is 0. The van der Waals surface area contributed by atoms with Crippen LogP contribution in [0.15, 0.2) is 109 Å². The first-order valence-corrected chi connectivity index (χ1v) is 26.9. The highest BCUT2D eigenvalue weighted by Gasteiger charge is 2.32. The highest BCUT2D eigenvalue weighted by molar-refractivity contribution is 5.60. The molecule has 4 saturated carbocycles. The van der Waals surface area contributed by atoms with Gasteiger partial charge < -0.3 is 30.6 Å². The summed E-state index contributed by atoms with van der Waals surface area (Å²) in [6.07, 6.45) is 24.1. The number of rotatable bonds is 10. The van der Waals surface area contributed by atoms with Crippen molar-refractivity contribution in [1.29, 1.82) is 0 Å². The van der Waals surface area contributed by atoms with Gasteiger partial charge in [0.15, 0.2) is 0 Å². The van der Waals surface area contributed by atoms with Crippen LogP contribution in [0.4, 0.5) is 0 Å². The van der Waals surface area contributed by atoms with Crippen molar-refractivity contribution >= 4 is 0 Å². The largest absolute Gasteiger partial charge is 0.508 e. The van der Waals surface area contributed by atoms with E-state index in [4.69, 9.17) is 0 Å². The number of benzene rings is 6. The van der Waals surface area contributed by atoms with Gasteiger partial charge in [-0.25, -0.2) is 0 Å². The van der Waals surface area contributed by atoms with Crippen LogP contribution in [0.2, 0.25) is 0 Å². The van der Waals surface area contributed by atoms with Crippen molar-refractivity contribution in [2.24, 2.45) is 0 Å². The summed E-state index contributed by atoms with van der Waals surface area (Å²) in [5, 5.41) is 66.6. The Kier molecular flexibility index (Phi) is 15.8. The second kappa shape index (κ2) is 22.5. The van der Waals surface area contributed by atoms with E-state index in [1.807, 2.05) is 66.7 Å². The van der Waals surface area contributed by atoms with Crippen molar-refractivity contribution in [3.8, 4) is 34.5 Å². The van der Waals surface area contributed by atoms with Crippen LogP contribution in [0.5, 0.6) is 34.5 Å². The normalized spacial score (nSPS) is 17.7. The van der Waals surface area contributed by atoms with Gasteiger partial charge in [-0.3, -0.25) is 0 Å². The SMILES string of the molecule is Cc1cc(O)c(C(c2ccc(O)cc2)c2cc(C3CCCCC3)c(C)cc2O)cc1C1CCCCC1.Oc1ccccc1C(c1cccc(C2CCCCC2)c1O)c1cccc(C2CCCCC2)c1O. The number of para-hydroxylation sites is 3. The van der Waals surface area contributed by atoms with Crippen LogP contribution in [-0.2, 0) is 0 Å². The van der Waals surface area contributed by atoms with Gasteiger partial charge in [-0.1, -0.05) is 156 Å². The molecule has 0 spiro atoms. The Morgan fingerprint density at radius 2 is 0.700 bits per heavy atom. The molecule has 4 fully saturated rings. The van der Waals surface area contributed by atoms with Gasteiger partial charge >= 0.3 is 0 Å². The van der Waals surface area contributed by atoms with Gasteiger partial charge in [0.1, 0.15) is 34.5 Å². The van der Waals surface area contributed by atoms with E-state index >= 15 is 0 Å². The molecule has 0 amide bonds. The third-order valence-electron chi connectivity index (χ3n) is 16.9. The first-order valence-electron chi connectivity index (χ1n) is 26.9. The van der Waals surface area contributed by atoms with E-state index in [2.05, 4.69) is 38.1 Å². The molecule has 10 rings (SSSR count). The monoisotopic (exact) mass is 941 g/mol. The third kappa shape index (κ3) is 10.7. The lowest BCUT2D eigenvalue weighted by atomic mass is 9.76. The summed E-state index contributed by atoms with van der Waals surface area (Å²) < 4.78 is 0. The third-order valence-corrected chi connectivity index (χ3v) is 16.9. The Morgan fingerprint density at radius 1 is 0.329 bits per heavy atom. The van der Waals surface area contributed by atoms with Gasteiger partial charge in [-0.2, -0.15) is 0 Å². The van der Waals surface area contributed by atoms with Crippen LogP contribution in [0.25, 0.3) is 0 Å². The molecule has 0 radical (unpaired) electrons. The van der Waals surface area contributed by atoms with Gasteiger partial charge in [-0.05, 0) is 158 Å². The first-order chi connectivity index (χ1) is 34.1. The maximum Gasteiger partial charge on any atom is 0.123 e. The molecule has 6 nitrogen and oxygen atoms in total. The van der Waals surface area contributed by atoms with E-state index in [0.717, 1.165) is 75.8 Å². The van der Waals surface area contributed by atoms with Gasteiger partial charge in [-0.15, -0.1) is 0 Å². The molecular weight excluding hydrogens is 865 g/mol. The molecule has 0 aliphatic heterocycles. The Morgan fingerprint density at radius 3 is 1.10 bits per heavy atom. The molecular formula is C64H76O6. The van der Waals surface area contributed by atoms with Gasteiger partial charge in [0, 0.05) is 39.7 Å². The molecule has 0 saturated heterocycles. The molecule has 6 aromatic rings. The zero-order valence-corrected chi connectivity index (χ0v) is 41.7. The molecule has 0 bridgehead atoms. The van der Waals surface area contributed by atoms with Crippen LogP contribution in [-0.4, -0.2) is 30.6 Å². The lowest BCUT2D eigenvalue weighted by Crippen LogP contribution is -2.11. The smallest absolute Gasteiger partial charge is 0.123 e. The van der Waals surface area contributed by atoms with Gasteiger partial charge in [0.05, 0.1) is 0 Å². The molecule has 6 heteroatoms. The summed E-state index contributed by atoms with van der Waals surface area (Å²) in [5.74, 6) is 2.53. The van der Waals surface area contributed by atoms with E-state index in [1.165, 1.54) is 114 Å². The average Bonchev–Trinajstić information content (AvgIpc) is 3.38. The summed E-state index contributed by atoms with van der Waals surface area (Å²) >= 11 is 0. The van der Waals surface area contributed by atoms with Crippen molar-refractivity contribution in [3.63, 3.8) is 0 Å². The predicted octanol–water partition coefficient (Wildman–Crippen LogP) is 16.8. The minimum Gasteiger partial charge on any atom is -0.508 e. The number of phenolic OH excluding ortho intramolecular Hbond substituents is 6. The Labute approximate surface area is 417 Å². The topological polar surface area (TPSA) is 121 Å². The Bertz CT molecular complexity index is 2550. The quantitative estimate of drug-likeness (QED) is 0.0761. The minimum absolute atomic E-state index is 0.178. The van der Waals surface area contributed by atoms with Crippen LogP contribution in [0, 0.1) is 13.8 Å². The predicted molar refractivity (Wildman–Crippen MR) is 283 cm³/mol. The fourth-order valence-electron chi connectivity index (χ4n) is 13.2. The molecule has 4 aliphatic carbocycles. The van der Waals surface area contributed by atoms with Crippen LogP contribution in [0.3, 0.4) is 0 Å². The van der Waals surface area contributed by atoms with Crippen molar-refractivity contribution in [1.82, 2.24) is 0 Å². The summed E-state index contributed by atoms with van der Waals surface area (Å²) in [5.41, 5.74) is 11.8. The molecule has 6 aromatic carbocycles. The number of phenols is 6. The fourth-order valence-corrected chi connectivity index (χ4v) is 13.2. The van der Waals surface area contributed by atoms with Crippen LogP contribution < -0.4 is 0 Å². The van der Waals surface area contributed by atoms with Crippen molar-refractivity contribution in [2.45, 2.75) is 178 Å². The number of hydrogen-bond acceptors (Lipinski definition) is 6. The minimum atomic E-state index is -0.451. The van der Waals surface area contributed by atoms with Gasteiger partial charge in [0.2, 0.25) is 0 Å². The van der Waals surface area contributed by atoms with E-state index in [1.54, 1.807) is 18.2 Å². The fraction of sp³-hybridized carbons (Fsp3) is 0.438. The molecule has 368 valence electrons. The van der Waals surface area contributed by atoms with Crippen LogP contribution >= 0.6 is 0 Å². The van der Waals surface area contributed by atoms with Crippen molar-refractivity contribution in [2.75, 3.05) is 0 Å². The number of aryl methyl sites for hydroxylation is 2. The van der Waals surface area contributed by atoms with Crippen LogP contribution in [0.1, 0.15) is 231 Å². The molecule has 0 unspecified atom stereocenters. The molecule has 4 aliphatic rings. The average molecular weight is 941 g/mol. The van der Waals surface area contributed by atoms with E-state index in [-0.39, 0.29) is 28.9 Å². The second-order valence-corrected chi connectivity index (χ2v) is 21.5. The highest BCUT2D eigenvalue weighted by Crippen LogP contribution is 2.50. The first kappa shape index (κ1) is 49.1. The molecule has 0 atom stereocenters. The molecule has 70 heavy (non-hydrogen) atoms. The number of aromatic hydroxyl groups is 6. The zero-order chi connectivity index (χ0) is 48.7. The molecule has 0 aromatic heterocycles. The van der Waals surface area contributed by atoms with E-state index in [0.29, 0.717) is 40.7 Å². The standard InChI is InChI=1S/C33H40O3.C31H36O3/c1-21-17-31(35)29(19-27(21)23-9-5-3-6-10-23)33(25-13-15-26(34)16-14-25)30-20-28(22(2)18-32(30)36)24-11-7-4-8-12-24;32-28-20-8-7-15-25(28)29(26-18-9-16-23(30(26)33)21-11-3-1-4-12-21)27-19-10-17-24(31(27)34)22-13-5-2-6-14-22/h13-20,23-24,33-36H,3-12H2,1-2H3;7-10,15-22,29,32-34H,1-6,11-14H2. The Hall–Kier alpha value is -5.88. The maximum atomic E-state index is 11.6.